The van der Waals surface area contributed by atoms with Crippen LogP contribution in [-0.2, 0) is 11.3 Å². The molecule has 0 aliphatic carbocycles. The van der Waals surface area contributed by atoms with Crippen LogP contribution in [0.5, 0.6) is 0 Å². The van der Waals surface area contributed by atoms with Crippen molar-refractivity contribution in [3.05, 3.63) is 62.9 Å². The molecule has 2 aromatic rings. The van der Waals surface area contributed by atoms with Crippen molar-refractivity contribution in [2.45, 2.75) is 6.61 Å². The average Bonchev–Trinajstić information content (AvgIpc) is 2.87. The first-order chi connectivity index (χ1) is 9.06. The van der Waals surface area contributed by atoms with Gasteiger partial charge in [-0.25, -0.2) is 4.79 Å². The molecule has 0 bridgehead atoms. The molecule has 0 radical (unpaired) electrons. The monoisotopic (exact) mass is 281 g/mol. The molecule has 0 atom stereocenters. The van der Waals surface area contributed by atoms with Gasteiger partial charge in [0.25, 0.3) is 0 Å². The molecule has 6 nitrogen and oxygen atoms in total. The summed E-state index contributed by atoms with van der Waals surface area (Å²) in [5, 5.41) is 11.0. The van der Waals surface area contributed by atoms with Crippen LogP contribution in [0.25, 0.3) is 0 Å². The van der Waals surface area contributed by atoms with Gasteiger partial charge in [0.05, 0.1) is 6.07 Å². The third kappa shape index (κ3) is 3.32. The maximum Gasteiger partial charge on any atom is 0.433 e. The highest BCUT2D eigenvalue weighted by atomic mass is 35.5. The Hall–Kier alpha value is -2.34. The predicted molar refractivity (Wildman–Crippen MR) is 65.9 cm³/mol. The van der Waals surface area contributed by atoms with Crippen molar-refractivity contribution >= 4 is 23.5 Å². The molecule has 0 spiro atoms. The van der Waals surface area contributed by atoms with Crippen molar-refractivity contribution < 1.29 is 18.9 Å². The van der Waals surface area contributed by atoms with Crippen LogP contribution in [0.15, 0.2) is 40.8 Å². The molecule has 1 aromatic carbocycles. The minimum absolute atomic E-state index is 0.0322. The van der Waals surface area contributed by atoms with Crippen molar-refractivity contribution in [1.82, 2.24) is 0 Å². The largest absolute Gasteiger partial charge is 0.455 e. The Labute approximate surface area is 112 Å². The zero-order valence-corrected chi connectivity index (χ0v) is 10.3. The lowest BCUT2D eigenvalue weighted by Gasteiger charge is -2.02. The molecular weight excluding hydrogens is 274 g/mol. The fourth-order valence-electron chi connectivity index (χ4n) is 1.34. The van der Waals surface area contributed by atoms with E-state index in [1.54, 1.807) is 24.3 Å². The Balaban J connectivity index is 1.97. The highest BCUT2D eigenvalue weighted by molar-refractivity contribution is 6.30. The number of benzene rings is 1. The molecule has 0 aliphatic heterocycles. The highest BCUT2D eigenvalue weighted by Gasteiger charge is 2.18. The van der Waals surface area contributed by atoms with Crippen LogP contribution in [0.2, 0.25) is 5.02 Å². The number of halogens is 1. The predicted octanol–water partition coefficient (Wildman–Crippen LogP) is 3.20. The van der Waals surface area contributed by atoms with E-state index in [0.717, 1.165) is 11.6 Å². The Morgan fingerprint density at radius 3 is 2.53 bits per heavy atom. The SMILES string of the molecule is O=C(OCc1ccc(Cl)cc1)c1ccc([N+](=O)[O-])o1. The first kappa shape index (κ1) is 13.1. The van der Waals surface area contributed by atoms with Gasteiger partial charge in [-0.2, -0.15) is 0 Å². The summed E-state index contributed by atoms with van der Waals surface area (Å²) in [6.07, 6.45) is 0. The molecular formula is C12H8ClNO5. The number of nitrogens with zero attached hydrogens (tertiary/aromatic N) is 1. The standard InChI is InChI=1S/C12H8ClNO5/c13-9-3-1-8(2-4-9)7-18-12(15)10-5-6-11(19-10)14(16)17/h1-6H,7H2. The van der Waals surface area contributed by atoms with Gasteiger partial charge < -0.3 is 9.15 Å². The number of carbonyl (C=O) groups excluding carboxylic acids is 1. The fraction of sp³-hybridized carbons (Fsp3) is 0.0833. The zero-order chi connectivity index (χ0) is 13.8. The molecule has 98 valence electrons. The summed E-state index contributed by atoms with van der Waals surface area (Å²) in [4.78, 5) is 21.2. The number of hydrogen-bond donors (Lipinski definition) is 0. The first-order valence-electron chi connectivity index (χ1n) is 5.22. The zero-order valence-electron chi connectivity index (χ0n) is 9.54. The summed E-state index contributed by atoms with van der Waals surface area (Å²) in [6, 6.07) is 9.05. The summed E-state index contributed by atoms with van der Waals surface area (Å²) in [7, 11) is 0. The highest BCUT2D eigenvalue weighted by Crippen LogP contribution is 2.17. The van der Waals surface area contributed by atoms with Gasteiger partial charge in [0.1, 0.15) is 11.5 Å². The topological polar surface area (TPSA) is 82.6 Å². The van der Waals surface area contributed by atoms with Gasteiger partial charge in [-0.15, -0.1) is 0 Å². The van der Waals surface area contributed by atoms with Crippen molar-refractivity contribution in [1.29, 1.82) is 0 Å². The summed E-state index contributed by atoms with van der Waals surface area (Å²) >= 11 is 5.72. The second-order valence-electron chi connectivity index (χ2n) is 3.60. The van der Waals surface area contributed by atoms with Crippen LogP contribution in [0, 0.1) is 10.1 Å². The molecule has 2 rings (SSSR count). The van der Waals surface area contributed by atoms with Gasteiger partial charge in [0, 0.05) is 5.02 Å². The molecule has 0 fully saturated rings. The lowest BCUT2D eigenvalue weighted by atomic mass is 10.2. The molecule has 7 heteroatoms. The number of carbonyl (C=O) groups is 1. The van der Waals surface area contributed by atoms with Crippen LogP contribution in [0.1, 0.15) is 16.1 Å². The Morgan fingerprint density at radius 2 is 1.95 bits per heavy atom. The lowest BCUT2D eigenvalue weighted by molar-refractivity contribution is -0.402. The average molecular weight is 282 g/mol. The number of nitro groups is 1. The second-order valence-corrected chi connectivity index (χ2v) is 4.03. The third-order valence-corrected chi connectivity index (χ3v) is 2.51. The molecule has 0 unspecified atom stereocenters. The van der Waals surface area contributed by atoms with E-state index in [4.69, 9.17) is 20.8 Å². The van der Waals surface area contributed by atoms with E-state index in [2.05, 4.69) is 0 Å². The summed E-state index contributed by atoms with van der Waals surface area (Å²) in [5.74, 6) is -1.47. The molecule has 19 heavy (non-hydrogen) atoms. The quantitative estimate of drug-likeness (QED) is 0.488. The van der Waals surface area contributed by atoms with Crippen molar-refractivity contribution in [3.8, 4) is 0 Å². The van der Waals surface area contributed by atoms with Crippen LogP contribution >= 0.6 is 11.6 Å². The van der Waals surface area contributed by atoms with E-state index in [-0.39, 0.29) is 12.4 Å². The first-order valence-corrected chi connectivity index (χ1v) is 5.60. The minimum Gasteiger partial charge on any atom is -0.455 e. The summed E-state index contributed by atoms with van der Waals surface area (Å²) in [6.45, 7) is 0.0322. The Kier molecular flexibility index (Phi) is 3.82. The van der Waals surface area contributed by atoms with E-state index in [0.29, 0.717) is 5.02 Å². The van der Waals surface area contributed by atoms with Crippen LogP contribution in [-0.4, -0.2) is 10.9 Å². The van der Waals surface area contributed by atoms with Gasteiger partial charge in [-0.1, -0.05) is 23.7 Å². The van der Waals surface area contributed by atoms with E-state index < -0.39 is 16.8 Å². The van der Waals surface area contributed by atoms with Crippen molar-refractivity contribution in [2.75, 3.05) is 0 Å². The smallest absolute Gasteiger partial charge is 0.433 e. The summed E-state index contributed by atoms with van der Waals surface area (Å²) in [5.41, 5.74) is 0.749. The molecule has 0 saturated heterocycles. The molecule has 1 aromatic heterocycles. The molecule has 0 saturated carbocycles. The Morgan fingerprint density at radius 1 is 1.26 bits per heavy atom. The Bertz CT molecular complexity index is 605. The molecule has 0 amide bonds. The maximum absolute atomic E-state index is 11.6. The normalized spacial score (nSPS) is 10.2. The number of ether oxygens (including phenoxy) is 1. The van der Waals surface area contributed by atoms with Gasteiger partial charge in [0.2, 0.25) is 5.76 Å². The molecule has 0 N–H and O–H groups in total. The second kappa shape index (κ2) is 5.53. The number of esters is 1. The van der Waals surface area contributed by atoms with E-state index in [9.17, 15) is 14.9 Å². The van der Waals surface area contributed by atoms with Gasteiger partial charge >= 0.3 is 11.9 Å². The number of hydrogen-bond acceptors (Lipinski definition) is 5. The van der Waals surface area contributed by atoms with E-state index >= 15 is 0 Å². The summed E-state index contributed by atoms with van der Waals surface area (Å²) < 4.78 is 9.67. The van der Waals surface area contributed by atoms with Crippen LogP contribution in [0.4, 0.5) is 5.88 Å². The number of furan rings is 1. The maximum atomic E-state index is 11.6. The van der Waals surface area contributed by atoms with Crippen LogP contribution in [0.3, 0.4) is 0 Å². The molecule has 0 aliphatic rings. The van der Waals surface area contributed by atoms with Gasteiger partial charge in [-0.3, -0.25) is 10.1 Å². The lowest BCUT2D eigenvalue weighted by Crippen LogP contribution is -2.03. The number of rotatable bonds is 4. The van der Waals surface area contributed by atoms with Crippen LogP contribution < -0.4 is 0 Å². The fourth-order valence-corrected chi connectivity index (χ4v) is 1.46. The van der Waals surface area contributed by atoms with E-state index in [1.807, 2.05) is 0 Å². The third-order valence-electron chi connectivity index (χ3n) is 2.26. The van der Waals surface area contributed by atoms with E-state index in [1.165, 1.54) is 6.07 Å². The van der Waals surface area contributed by atoms with Crippen molar-refractivity contribution in [3.63, 3.8) is 0 Å². The van der Waals surface area contributed by atoms with Crippen molar-refractivity contribution in [2.24, 2.45) is 0 Å². The van der Waals surface area contributed by atoms with Gasteiger partial charge in [-0.05, 0) is 23.8 Å². The minimum atomic E-state index is -0.761. The van der Waals surface area contributed by atoms with Gasteiger partial charge in [0.15, 0.2) is 0 Å². The molecule has 1 heterocycles.